The van der Waals surface area contributed by atoms with Gasteiger partial charge in [0.05, 0.1) is 6.67 Å². The van der Waals surface area contributed by atoms with Crippen molar-refractivity contribution in [2.45, 2.75) is 32.4 Å². The molecule has 1 N–H and O–H groups in total. The molecule has 3 aromatic rings. The van der Waals surface area contributed by atoms with Gasteiger partial charge in [0, 0.05) is 29.6 Å². The van der Waals surface area contributed by atoms with E-state index < -0.39 is 6.10 Å². The second-order valence-electron chi connectivity index (χ2n) is 9.76. The zero-order valence-corrected chi connectivity index (χ0v) is 20.6. The van der Waals surface area contributed by atoms with Crippen LogP contribution in [0.25, 0.3) is 11.1 Å². The summed E-state index contributed by atoms with van der Waals surface area (Å²) in [6.45, 7) is 6.09. The fourth-order valence-corrected chi connectivity index (χ4v) is 5.12. The Balaban J connectivity index is 1.37. The Labute approximate surface area is 210 Å². The van der Waals surface area contributed by atoms with Gasteiger partial charge in [-0.05, 0) is 86.0 Å². The molecule has 36 heavy (non-hydrogen) atoms. The zero-order valence-electron chi connectivity index (χ0n) is 20.6. The number of alkyl halides is 1. The number of ether oxygens (including phenoxy) is 2. The Kier molecular flexibility index (Phi) is 6.97. The van der Waals surface area contributed by atoms with Crippen LogP contribution in [0.2, 0.25) is 0 Å². The van der Waals surface area contributed by atoms with Crippen molar-refractivity contribution in [2.75, 3.05) is 26.4 Å². The van der Waals surface area contributed by atoms with Gasteiger partial charge < -0.3 is 14.6 Å². The number of benzene rings is 3. The minimum Gasteiger partial charge on any atom is -0.508 e. The third kappa shape index (κ3) is 4.96. The summed E-state index contributed by atoms with van der Waals surface area (Å²) in [7, 11) is 0. The largest absolute Gasteiger partial charge is 0.508 e. The molecular formula is C30H31F2NO3. The van der Waals surface area contributed by atoms with Gasteiger partial charge in [-0.15, -0.1) is 0 Å². The normalized spacial score (nSPS) is 20.7. The summed E-state index contributed by atoms with van der Waals surface area (Å²) in [6, 6.07) is 19.5. The molecule has 0 aromatic heterocycles. The summed E-state index contributed by atoms with van der Waals surface area (Å²) in [5, 5.41) is 10.0. The third-order valence-electron chi connectivity index (χ3n) is 7.27. The van der Waals surface area contributed by atoms with E-state index in [9.17, 15) is 13.9 Å². The number of fused-ring (bicyclic) bond motifs is 1. The van der Waals surface area contributed by atoms with Crippen LogP contribution in [0, 0.1) is 11.7 Å². The molecule has 0 bridgehead atoms. The standard InChI is InChI=1S/C30H31F2NO3/c1-19(33-14-13-21(16-31)17-33)18-35-26-10-5-23(6-11-26)30-29(22-3-7-24(32)8-4-22)20(2)27-15-25(34)9-12-28(27)36-30/h3-12,15,19,21,30,34H,13-14,16-18H2,1-2H3/t19-,21-,30?/m0/s1. The van der Waals surface area contributed by atoms with Crippen molar-refractivity contribution in [1.82, 2.24) is 4.90 Å². The highest BCUT2D eigenvalue weighted by Gasteiger charge is 2.30. The molecule has 1 saturated heterocycles. The van der Waals surface area contributed by atoms with Crippen LogP contribution >= 0.6 is 0 Å². The highest BCUT2D eigenvalue weighted by Crippen LogP contribution is 2.47. The lowest BCUT2D eigenvalue weighted by molar-refractivity contribution is 0.165. The van der Waals surface area contributed by atoms with Crippen LogP contribution in [-0.2, 0) is 0 Å². The molecule has 0 aliphatic carbocycles. The van der Waals surface area contributed by atoms with Gasteiger partial charge in [-0.25, -0.2) is 4.39 Å². The van der Waals surface area contributed by atoms with Crippen LogP contribution in [0.15, 0.2) is 66.7 Å². The predicted octanol–water partition coefficient (Wildman–Crippen LogP) is 6.65. The topological polar surface area (TPSA) is 41.9 Å². The number of allylic oxidation sites excluding steroid dienone is 1. The summed E-state index contributed by atoms with van der Waals surface area (Å²) < 4.78 is 39.1. The second kappa shape index (κ2) is 10.3. The molecule has 3 aromatic carbocycles. The molecule has 6 heteroatoms. The first-order chi connectivity index (χ1) is 17.4. The Bertz CT molecular complexity index is 1240. The second-order valence-corrected chi connectivity index (χ2v) is 9.76. The van der Waals surface area contributed by atoms with Crippen LogP contribution in [0.3, 0.4) is 0 Å². The van der Waals surface area contributed by atoms with Crippen molar-refractivity contribution in [3.63, 3.8) is 0 Å². The minimum absolute atomic E-state index is 0.142. The number of likely N-dealkylation sites (tertiary alicyclic amines) is 1. The zero-order chi connectivity index (χ0) is 25.2. The average Bonchev–Trinajstić information content (AvgIpc) is 3.38. The lowest BCUT2D eigenvalue weighted by Crippen LogP contribution is -2.35. The van der Waals surface area contributed by atoms with E-state index in [-0.39, 0.29) is 30.2 Å². The summed E-state index contributed by atoms with van der Waals surface area (Å²) >= 11 is 0. The van der Waals surface area contributed by atoms with Gasteiger partial charge in [-0.3, -0.25) is 9.29 Å². The number of phenols is 1. The summed E-state index contributed by atoms with van der Waals surface area (Å²) in [4.78, 5) is 2.28. The van der Waals surface area contributed by atoms with Crippen LogP contribution in [-0.4, -0.2) is 42.4 Å². The first-order valence-electron chi connectivity index (χ1n) is 12.4. The molecule has 2 heterocycles. The van der Waals surface area contributed by atoms with E-state index in [4.69, 9.17) is 9.47 Å². The maximum Gasteiger partial charge on any atom is 0.150 e. The highest BCUT2D eigenvalue weighted by atomic mass is 19.1. The van der Waals surface area contributed by atoms with Crippen LogP contribution in [0.4, 0.5) is 8.78 Å². The summed E-state index contributed by atoms with van der Waals surface area (Å²) in [6.07, 6.45) is 0.505. The average molecular weight is 492 g/mol. The van der Waals surface area contributed by atoms with Gasteiger partial charge >= 0.3 is 0 Å². The van der Waals surface area contributed by atoms with Crippen molar-refractivity contribution >= 4 is 11.1 Å². The fraction of sp³-hybridized carbons (Fsp3) is 0.333. The quantitative estimate of drug-likeness (QED) is 0.402. The van der Waals surface area contributed by atoms with Gasteiger partial charge in [0.15, 0.2) is 0 Å². The van der Waals surface area contributed by atoms with Crippen molar-refractivity contribution in [2.24, 2.45) is 5.92 Å². The van der Waals surface area contributed by atoms with Crippen molar-refractivity contribution in [1.29, 1.82) is 0 Å². The van der Waals surface area contributed by atoms with E-state index in [0.717, 1.165) is 53.1 Å². The fourth-order valence-electron chi connectivity index (χ4n) is 5.12. The van der Waals surface area contributed by atoms with Crippen molar-refractivity contribution in [3.8, 4) is 17.2 Å². The summed E-state index contributed by atoms with van der Waals surface area (Å²) in [5.41, 5.74) is 4.51. The van der Waals surface area contributed by atoms with Gasteiger partial charge in [0.25, 0.3) is 0 Å². The van der Waals surface area contributed by atoms with E-state index in [1.54, 1.807) is 30.3 Å². The molecule has 2 aliphatic heterocycles. The van der Waals surface area contributed by atoms with E-state index >= 15 is 0 Å². The molecule has 188 valence electrons. The first kappa shape index (κ1) is 24.3. The molecule has 0 spiro atoms. The number of aromatic hydroxyl groups is 1. The number of hydrogen-bond acceptors (Lipinski definition) is 4. The molecule has 1 fully saturated rings. The number of hydrogen-bond donors (Lipinski definition) is 1. The molecule has 0 amide bonds. The Hall–Kier alpha value is -3.38. The monoisotopic (exact) mass is 491 g/mol. The van der Waals surface area contributed by atoms with E-state index in [2.05, 4.69) is 11.8 Å². The third-order valence-corrected chi connectivity index (χ3v) is 7.27. The van der Waals surface area contributed by atoms with E-state index in [1.165, 1.54) is 12.1 Å². The van der Waals surface area contributed by atoms with Gasteiger partial charge in [0.1, 0.15) is 35.8 Å². The SMILES string of the molecule is CC1=C(c2ccc(F)cc2)C(c2ccc(OC[C@H](C)N3CC[C@@H](CF)C3)cc2)Oc2ccc(O)cc21. The van der Waals surface area contributed by atoms with Crippen molar-refractivity contribution in [3.05, 3.63) is 89.2 Å². The number of phenolic OH excluding ortho intramolecular Hbond substituents is 1. The smallest absolute Gasteiger partial charge is 0.150 e. The minimum atomic E-state index is -0.400. The predicted molar refractivity (Wildman–Crippen MR) is 137 cm³/mol. The molecule has 3 atom stereocenters. The molecule has 1 unspecified atom stereocenters. The summed E-state index contributed by atoms with van der Waals surface area (Å²) in [5.74, 6) is 1.46. The van der Waals surface area contributed by atoms with Crippen LogP contribution in [0.5, 0.6) is 17.2 Å². The van der Waals surface area contributed by atoms with Gasteiger partial charge in [0.2, 0.25) is 0 Å². The molecule has 4 nitrogen and oxygen atoms in total. The van der Waals surface area contributed by atoms with E-state index in [1.807, 2.05) is 31.2 Å². The van der Waals surface area contributed by atoms with Crippen LogP contribution in [0.1, 0.15) is 43.1 Å². The molecule has 2 aliphatic rings. The van der Waals surface area contributed by atoms with Gasteiger partial charge in [-0.2, -0.15) is 0 Å². The van der Waals surface area contributed by atoms with Crippen molar-refractivity contribution < 1.29 is 23.4 Å². The molecule has 0 saturated carbocycles. The van der Waals surface area contributed by atoms with Crippen LogP contribution < -0.4 is 9.47 Å². The first-order valence-corrected chi connectivity index (χ1v) is 12.4. The Morgan fingerprint density at radius 2 is 1.83 bits per heavy atom. The number of nitrogens with zero attached hydrogens (tertiary/aromatic N) is 1. The Morgan fingerprint density at radius 3 is 2.53 bits per heavy atom. The maximum atomic E-state index is 13.7. The van der Waals surface area contributed by atoms with E-state index in [0.29, 0.717) is 12.4 Å². The maximum absolute atomic E-state index is 13.7. The molecule has 5 rings (SSSR count). The Morgan fingerprint density at radius 1 is 1.08 bits per heavy atom. The lowest BCUT2D eigenvalue weighted by atomic mass is 9.86. The number of halogens is 2. The molecular weight excluding hydrogens is 460 g/mol. The van der Waals surface area contributed by atoms with Gasteiger partial charge in [-0.1, -0.05) is 24.3 Å². The molecule has 0 radical (unpaired) electrons. The number of rotatable bonds is 7. The highest BCUT2D eigenvalue weighted by molar-refractivity contribution is 5.95. The lowest BCUT2D eigenvalue weighted by Gasteiger charge is -2.31.